The van der Waals surface area contributed by atoms with Gasteiger partial charge in [0, 0.05) is 5.70 Å². The lowest BCUT2D eigenvalue weighted by Gasteiger charge is -2.19. The fourth-order valence-corrected chi connectivity index (χ4v) is 3.05. The molecule has 1 aromatic rings. The molecule has 0 fully saturated rings. The van der Waals surface area contributed by atoms with Gasteiger partial charge in [-0.15, -0.1) is 0 Å². The molecule has 0 aliphatic rings. The van der Waals surface area contributed by atoms with Gasteiger partial charge in [0.05, 0.1) is 0 Å². The average molecular weight is 393 g/mol. The van der Waals surface area contributed by atoms with E-state index in [0.717, 1.165) is 5.70 Å². The zero-order chi connectivity index (χ0) is 15.8. The normalized spacial score (nSPS) is 14.3. The monoisotopic (exact) mass is 393 g/mol. The number of allylic oxidation sites excluding steroid dienone is 6. The Bertz CT molecular complexity index is 579. The van der Waals surface area contributed by atoms with E-state index in [4.69, 9.17) is 0 Å². The first-order valence-corrected chi connectivity index (χ1v) is 8.34. The summed E-state index contributed by atoms with van der Waals surface area (Å²) in [5.41, 5.74) is 6.31. The van der Waals surface area contributed by atoms with Crippen LogP contribution in [0.5, 0.6) is 0 Å². The SMILES string of the molecule is C=C\C=C/C=C(C)/C(=C/C)NC(I)c1cc(C)ccc1C. The largest absolute Gasteiger partial charge is 0.370 e. The summed E-state index contributed by atoms with van der Waals surface area (Å²) in [5, 5.41) is 3.60. The first-order chi connectivity index (χ1) is 9.99. The minimum Gasteiger partial charge on any atom is -0.370 e. The number of rotatable bonds is 6. The average Bonchev–Trinajstić information content (AvgIpc) is 2.47. The Balaban J connectivity index is 2.91. The van der Waals surface area contributed by atoms with Crippen LogP contribution in [0.15, 0.2) is 66.4 Å². The maximum absolute atomic E-state index is 3.68. The summed E-state index contributed by atoms with van der Waals surface area (Å²) in [6, 6.07) is 6.59. The van der Waals surface area contributed by atoms with Crippen LogP contribution < -0.4 is 5.32 Å². The zero-order valence-electron chi connectivity index (χ0n) is 13.3. The van der Waals surface area contributed by atoms with Gasteiger partial charge >= 0.3 is 0 Å². The molecule has 0 saturated heterocycles. The molecule has 1 unspecified atom stereocenters. The number of hydrogen-bond donors (Lipinski definition) is 1. The van der Waals surface area contributed by atoms with Gasteiger partial charge in [-0.05, 0) is 44.4 Å². The summed E-state index contributed by atoms with van der Waals surface area (Å²) in [5.74, 6) is 0. The summed E-state index contributed by atoms with van der Waals surface area (Å²) in [6.07, 6.45) is 9.93. The number of nitrogens with one attached hydrogen (secondary N) is 1. The second-order valence-corrected chi connectivity index (χ2v) is 6.29. The van der Waals surface area contributed by atoms with Crippen LogP contribution in [0.4, 0.5) is 0 Å². The second-order valence-electron chi connectivity index (χ2n) is 5.04. The van der Waals surface area contributed by atoms with E-state index in [1.165, 1.54) is 22.3 Å². The third-order valence-corrected chi connectivity index (χ3v) is 4.28. The van der Waals surface area contributed by atoms with E-state index >= 15 is 0 Å². The molecule has 112 valence electrons. The van der Waals surface area contributed by atoms with Crippen molar-refractivity contribution in [1.82, 2.24) is 5.32 Å². The summed E-state index contributed by atoms with van der Waals surface area (Å²) >= 11 is 2.45. The van der Waals surface area contributed by atoms with E-state index in [2.05, 4.69) is 92.5 Å². The molecule has 1 atom stereocenters. The minimum absolute atomic E-state index is 0.250. The smallest absolute Gasteiger partial charge is 0.104 e. The van der Waals surface area contributed by atoms with Gasteiger partial charge < -0.3 is 5.32 Å². The fraction of sp³-hybridized carbons (Fsp3) is 0.263. The first kappa shape index (κ1) is 17.8. The van der Waals surface area contributed by atoms with E-state index in [-0.39, 0.29) is 4.05 Å². The molecule has 0 aromatic heterocycles. The van der Waals surface area contributed by atoms with Gasteiger partial charge in [-0.25, -0.2) is 0 Å². The van der Waals surface area contributed by atoms with Crippen molar-refractivity contribution in [2.75, 3.05) is 0 Å². The number of aryl methyl sites for hydroxylation is 2. The summed E-state index contributed by atoms with van der Waals surface area (Å²) in [7, 11) is 0. The van der Waals surface area contributed by atoms with Crippen LogP contribution >= 0.6 is 22.6 Å². The Morgan fingerprint density at radius 2 is 2.00 bits per heavy atom. The van der Waals surface area contributed by atoms with Gasteiger partial charge in [0.25, 0.3) is 0 Å². The van der Waals surface area contributed by atoms with Crippen LogP contribution in [0.25, 0.3) is 0 Å². The minimum atomic E-state index is 0.250. The zero-order valence-corrected chi connectivity index (χ0v) is 15.4. The van der Waals surface area contributed by atoms with Crippen LogP contribution in [-0.2, 0) is 0 Å². The fourth-order valence-electron chi connectivity index (χ4n) is 2.04. The lowest BCUT2D eigenvalue weighted by molar-refractivity contribution is 0.816. The Morgan fingerprint density at radius 1 is 1.29 bits per heavy atom. The Kier molecular flexibility index (Phi) is 7.51. The highest BCUT2D eigenvalue weighted by molar-refractivity contribution is 14.1. The van der Waals surface area contributed by atoms with Crippen LogP contribution in [0.3, 0.4) is 0 Å². The summed E-state index contributed by atoms with van der Waals surface area (Å²) in [6.45, 7) is 12.1. The Morgan fingerprint density at radius 3 is 2.62 bits per heavy atom. The molecule has 21 heavy (non-hydrogen) atoms. The highest BCUT2D eigenvalue weighted by Crippen LogP contribution is 2.27. The van der Waals surface area contributed by atoms with E-state index in [9.17, 15) is 0 Å². The molecular formula is C19H24IN. The van der Waals surface area contributed by atoms with E-state index < -0.39 is 0 Å². The van der Waals surface area contributed by atoms with Crippen molar-refractivity contribution in [2.24, 2.45) is 0 Å². The molecule has 0 radical (unpaired) electrons. The van der Waals surface area contributed by atoms with Crippen LogP contribution in [0.2, 0.25) is 0 Å². The van der Waals surface area contributed by atoms with Crippen molar-refractivity contribution in [3.05, 3.63) is 83.1 Å². The van der Waals surface area contributed by atoms with Crippen molar-refractivity contribution in [1.29, 1.82) is 0 Å². The van der Waals surface area contributed by atoms with Gasteiger partial charge in [0.1, 0.15) is 4.05 Å². The van der Waals surface area contributed by atoms with Crippen molar-refractivity contribution < 1.29 is 0 Å². The Hall–Kier alpha value is -1.29. The van der Waals surface area contributed by atoms with Gasteiger partial charge in [-0.3, -0.25) is 0 Å². The van der Waals surface area contributed by atoms with E-state index in [1.807, 2.05) is 12.2 Å². The quantitative estimate of drug-likeness (QED) is 0.274. The molecule has 0 heterocycles. The predicted octanol–water partition coefficient (Wildman–Crippen LogP) is 5.92. The number of benzene rings is 1. The molecule has 1 nitrogen and oxygen atoms in total. The molecule has 0 saturated carbocycles. The number of hydrogen-bond acceptors (Lipinski definition) is 1. The Labute approximate surface area is 142 Å². The topological polar surface area (TPSA) is 12.0 Å². The standard InChI is InChI=1S/C19H24IN/c1-6-8-9-10-16(5)18(7-2)21-19(20)17-13-14(3)11-12-15(17)4/h6-13,19,21H,1H2,2-5H3/b9-8-,16-10+,18-7-. The first-order valence-electron chi connectivity index (χ1n) is 7.10. The van der Waals surface area contributed by atoms with Crippen molar-refractivity contribution in [2.45, 2.75) is 31.7 Å². The van der Waals surface area contributed by atoms with Gasteiger partial charge in [-0.2, -0.15) is 0 Å². The van der Waals surface area contributed by atoms with Crippen molar-refractivity contribution in [3.8, 4) is 0 Å². The molecule has 0 bridgehead atoms. The summed E-state index contributed by atoms with van der Waals surface area (Å²) in [4.78, 5) is 0. The predicted molar refractivity (Wildman–Crippen MR) is 103 cm³/mol. The third-order valence-electron chi connectivity index (χ3n) is 3.30. The molecule has 0 spiro atoms. The van der Waals surface area contributed by atoms with Crippen molar-refractivity contribution >= 4 is 22.6 Å². The maximum Gasteiger partial charge on any atom is 0.104 e. The second kappa shape index (κ2) is 8.88. The molecule has 1 rings (SSSR count). The van der Waals surface area contributed by atoms with Crippen LogP contribution in [0.1, 0.15) is 34.6 Å². The van der Waals surface area contributed by atoms with E-state index in [1.54, 1.807) is 6.08 Å². The lowest BCUT2D eigenvalue weighted by atomic mass is 10.1. The molecular weight excluding hydrogens is 369 g/mol. The van der Waals surface area contributed by atoms with Gasteiger partial charge in [0.2, 0.25) is 0 Å². The highest BCUT2D eigenvalue weighted by atomic mass is 127. The van der Waals surface area contributed by atoms with Gasteiger partial charge in [0.15, 0.2) is 0 Å². The highest BCUT2D eigenvalue weighted by Gasteiger charge is 2.11. The third kappa shape index (κ3) is 5.54. The molecule has 1 aromatic carbocycles. The molecule has 1 N–H and O–H groups in total. The summed E-state index contributed by atoms with van der Waals surface area (Å²) < 4.78 is 0.250. The van der Waals surface area contributed by atoms with Crippen LogP contribution in [-0.4, -0.2) is 0 Å². The maximum atomic E-state index is 3.68. The molecule has 0 aliphatic heterocycles. The number of alkyl halides is 1. The molecule has 0 amide bonds. The van der Waals surface area contributed by atoms with Crippen LogP contribution in [0, 0.1) is 13.8 Å². The lowest BCUT2D eigenvalue weighted by Crippen LogP contribution is -2.17. The molecule has 0 aliphatic carbocycles. The molecule has 2 heteroatoms. The number of halogens is 1. The van der Waals surface area contributed by atoms with E-state index in [0.29, 0.717) is 0 Å². The van der Waals surface area contributed by atoms with Gasteiger partial charge in [-0.1, -0.05) is 83.3 Å². The van der Waals surface area contributed by atoms with Crippen molar-refractivity contribution in [3.63, 3.8) is 0 Å².